The normalized spacial score (nSPS) is 12.0. The summed E-state index contributed by atoms with van der Waals surface area (Å²) in [6.45, 7) is 6.07. The van der Waals surface area contributed by atoms with Crippen LogP contribution in [0.1, 0.15) is 18.5 Å². The fourth-order valence-corrected chi connectivity index (χ4v) is 5.88. The molecule has 0 fully saturated rings. The molecule has 1 atom stereocenters. The fraction of sp³-hybridized carbons (Fsp3) is 0.174. The minimum absolute atomic E-state index is 0.0919. The van der Waals surface area contributed by atoms with Crippen LogP contribution in [0.3, 0.4) is 0 Å². The number of nitrogens with zero attached hydrogens (tertiary/aromatic N) is 2. The molecular formula is C23H21N3O2S3. The second kappa shape index (κ2) is 9.64. The Hall–Kier alpha value is -2.68. The Balaban J connectivity index is 1.57. The Morgan fingerprint density at radius 2 is 2.06 bits per heavy atom. The maximum absolute atomic E-state index is 13.3. The van der Waals surface area contributed by atoms with Gasteiger partial charge in [-0.25, -0.2) is 4.98 Å². The molecule has 0 saturated heterocycles. The third kappa shape index (κ3) is 4.66. The van der Waals surface area contributed by atoms with E-state index in [1.54, 1.807) is 22.0 Å². The first-order valence-corrected chi connectivity index (χ1v) is 12.5. The molecule has 1 N–H and O–H groups in total. The number of carbonyl (C=O) groups excluding carboxylic acids is 1. The molecule has 0 aliphatic heterocycles. The van der Waals surface area contributed by atoms with Gasteiger partial charge in [0.25, 0.3) is 5.56 Å². The van der Waals surface area contributed by atoms with Gasteiger partial charge in [0.1, 0.15) is 4.83 Å². The molecule has 0 bridgehead atoms. The molecular weight excluding hydrogens is 446 g/mol. The highest BCUT2D eigenvalue weighted by Crippen LogP contribution is 2.34. The van der Waals surface area contributed by atoms with E-state index < -0.39 is 0 Å². The molecule has 158 valence electrons. The van der Waals surface area contributed by atoms with E-state index in [2.05, 4.69) is 11.9 Å². The summed E-state index contributed by atoms with van der Waals surface area (Å²) >= 11 is 4.32. The minimum Gasteiger partial charge on any atom is -0.349 e. The number of hydrogen-bond donors (Lipinski definition) is 1. The van der Waals surface area contributed by atoms with Crippen molar-refractivity contribution in [2.75, 3.05) is 5.75 Å². The number of thiophene rings is 2. The molecule has 3 heterocycles. The maximum Gasteiger partial charge on any atom is 0.263 e. The van der Waals surface area contributed by atoms with Gasteiger partial charge in [0.15, 0.2) is 5.16 Å². The van der Waals surface area contributed by atoms with Gasteiger partial charge >= 0.3 is 0 Å². The second-order valence-electron chi connectivity index (χ2n) is 6.89. The van der Waals surface area contributed by atoms with E-state index in [1.165, 1.54) is 23.1 Å². The molecule has 5 nitrogen and oxygen atoms in total. The zero-order chi connectivity index (χ0) is 21.8. The molecule has 0 aliphatic rings. The highest BCUT2D eigenvalue weighted by molar-refractivity contribution is 7.99. The standard InChI is InChI=1S/C23H21N3O2S3/c1-3-11-26-22(28)20-17(18-10-7-12-29-18)13-30-21(20)25-23(26)31-14-19(27)24-15(2)16-8-5-4-6-9-16/h3-10,12-13,15H,1,11,14H2,2H3,(H,24,27). The number of hydrogen-bond acceptors (Lipinski definition) is 6. The third-order valence-corrected chi connectivity index (χ3v) is 7.52. The van der Waals surface area contributed by atoms with Gasteiger partial charge in [-0.3, -0.25) is 14.2 Å². The monoisotopic (exact) mass is 467 g/mol. The van der Waals surface area contributed by atoms with Crippen molar-refractivity contribution < 1.29 is 4.79 Å². The van der Waals surface area contributed by atoms with Gasteiger partial charge in [-0.1, -0.05) is 54.2 Å². The van der Waals surface area contributed by atoms with Crippen molar-refractivity contribution in [3.63, 3.8) is 0 Å². The molecule has 8 heteroatoms. The van der Waals surface area contributed by atoms with Gasteiger partial charge in [-0.2, -0.15) is 0 Å². The fourth-order valence-electron chi connectivity index (χ4n) is 3.26. The first-order chi connectivity index (χ1) is 15.1. The smallest absolute Gasteiger partial charge is 0.263 e. The maximum atomic E-state index is 13.3. The first-order valence-electron chi connectivity index (χ1n) is 9.72. The molecule has 31 heavy (non-hydrogen) atoms. The van der Waals surface area contributed by atoms with Gasteiger partial charge < -0.3 is 5.32 Å². The highest BCUT2D eigenvalue weighted by Gasteiger charge is 2.18. The van der Waals surface area contributed by atoms with Crippen LogP contribution in [0, 0.1) is 0 Å². The molecule has 0 radical (unpaired) electrons. The molecule has 4 aromatic rings. The topological polar surface area (TPSA) is 64.0 Å². The van der Waals surface area contributed by atoms with Crippen LogP contribution in [0.4, 0.5) is 0 Å². The van der Waals surface area contributed by atoms with Crippen molar-refractivity contribution in [2.24, 2.45) is 0 Å². The van der Waals surface area contributed by atoms with Crippen LogP contribution in [-0.2, 0) is 11.3 Å². The van der Waals surface area contributed by atoms with Crippen LogP contribution in [0.25, 0.3) is 20.7 Å². The summed E-state index contributed by atoms with van der Waals surface area (Å²) in [7, 11) is 0. The molecule has 1 unspecified atom stereocenters. The van der Waals surface area contributed by atoms with E-state index in [0.717, 1.165) is 16.0 Å². The van der Waals surface area contributed by atoms with Crippen molar-refractivity contribution in [1.29, 1.82) is 0 Å². The molecule has 0 spiro atoms. The predicted molar refractivity (Wildman–Crippen MR) is 131 cm³/mol. The second-order valence-corrected chi connectivity index (χ2v) is 9.64. The van der Waals surface area contributed by atoms with Gasteiger partial charge in [0.05, 0.1) is 17.2 Å². The number of amides is 1. The first kappa shape index (κ1) is 21.5. The lowest BCUT2D eigenvalue weighted by Gasteiger charge is -2.15. The minimum atomic E-state index is -0.105. The summed E-state index contributed by atoms with van der Waals surface area (Å²) in [4.78, 5) is 32.3. The Labute approximate surface area is 192 Å². The van der Waals surface area contributed by atoms with Gasteiger partial charge in [-0.05, 0) is 23.9 Å². The summed E-state index contributed by atoms with van der Waals surface area (Å²) < 4.78 is 1.59. The van der Waals surface area contributed by atoms with Crippen LogP contribution in [0.2, 0.25) is 0 Å². The molecule has 0 aliphatic carbocycles. The van der Waals surface area contributed by atoms with Crippen LogP contribution in [0.5, 0.6) is 0 Å². The van der Waals surface area contributed by atoms with E-state index in [-0.39, 0.29) is 23.3 Å². The Morgan fingerprint density at radius 1 is 1.26 bits per heavy atom. The molecule has 3 aromatic heterocycles. The lowest BCUT2D eigenvalue weighted by Crippen LogP contribution is -2.29. The lowest BCUT2D eigenvalue weighted by atomic mass is 10.1. The van der Waals surface area contributed by atoms with Crippen molar-refractivity contribution in [2.45, 2.75) is 24.7 Å². The lowest BCUT2D eigenvalue weighted by molar-refractivity contribution is -0.119. The predicted octanol–water partition coefficient (Wildman–Crippen LogP) is 5.34. The van der Waals surface area contributed by atoms with E-state index >= 15 is 0 Å². The van der Waals surface area contributed by atoms with Crippen LogP contribution < -0.4 is 10.9 Å². The quantitative estimate of drug-likeness (QED) is 0.216. The Kier molecular flexibility index (Phi) is 6.70. The largest absolute Gasteiger partial charge is 0.349 e. The third-order valence-electron chi connectivity index (χ3n) is 4.77. The number of carbonyl (C=O) groups is 1. The van der Waals surface area contributed by atoms with Crippen LogP contribution in [-0.4, -0.2) is 21.2 Å². The average Bonchev–Trinajstić information content (AvgIpc) is 3.45. The summed E-state index contributed by atoms with van der Waals surface area (Å²) in [5.74, 6) is 0.0707. The summed E-state index contributed by atoms with van der Waals surface area (Å²) in [5.41, 5.74) is 1.86. The summed E-state index contributed by atoms with van der Waals surface area (Å²) in [6, 6.07) is 13.7. The van der Waals surface area contributed by atoms with Gasteiger partial charge in [-0.15, -0.1) is 29.3 Å². The van der Waals surface area contributed by atoms with Gasteiger partial charge in [0.2, 0.25) is 5.91 Å². The zero-order valence-electron chi connectivity index (χ0n) is 16.9. The Bertz CT molecular complexity index is 1260. The van der Waals surface area contributed by atoms with E-state index in [4.69, 9.17) is 4.98 Å². The molecule has 1 aromatic carbocycles. The molecule has 0 saturated carbocycles. The number of thioether (sulfide) groups is 1. The van der Waals surface area contributed by atoms with Crippen LogP contribution in [0.15, 0.2) is 75.8 Å². The number of benzene rings is 1. The van der Waals surface area contributed by atoms with Gasteiger partial charge in [0, 0.05) is 22.4 Å². The number of nitrogens with one attached hydrogen (secondary N) is 1. The van der Waals surface area contributed by atoms with Crippen molar-refractivity contribution in [1.82, 2.24) is 14.9 Å². The number of aromatic nitrogens is 2. The Morgan fingerprint density at radius 3 is 2.77 bits per heavy atom. The van der Waals surface area contributed by atoms with Crippen molar-refractivity contribution >= 4 is 50.6 Å². The van der Waals surface area contributed by atoms with E-state index in [9.17, 15) is 9.59 Å². The summed E-state index contributed by atoms with van der Waals surface area (Å²) in [5, 5.41) is 8.13. The molecule has 4 rings (SSSR count). The van der Waals surface area contributed by atoms with Crippen LogP contribution >= 0.6 is 34.4 Å². The van der Waals surface area contributed by atoms with Crippen molar-refractivity contribution in [3.05, 3.63) is 81.8 Å². The highest BCUT2D eigenvalue weighted by atomic mass is 32.2. The molecule has 1 amide bonds. The van der Waals surface area contributed by atoms with Crippen molar-refractivity contribution in [3.8, 4) is 10.4 Å². The SMILES string of the molecule is C=CCn1c(SCC(=O)NC(C)c2ccccc2)nc2scc(-c3cccs3)c2c1=O. The summed E-state index contributed by atoms with van der Waals surface area (Å²) in [6.07, 6.45) is 1.67. The van der Waals surface area contributed by atoms with E-state index in [1.807, 2.05) is 60.1 Å². The van der Waals surface area contributed by atoms with E-state index in [0.29, 0.717) is 21.9 Å². The zero-order valence-corrected chi connectivity index (χ0v) is 19.4. The average molecular weight is 468 g/mol. The number of allylic oxidation sites excluding steroid dienone is 1. The number of rotatable bonds is 8. The number of fused-ring (bicyclic) bond motifs is 1.